The van der Waals surface area contributed by atoms with Gasteiger partial charge in [-0.3, -0.25) is 4.99 Å². The van der Waals surface area contributed by atoms with E-state index in [9.17, 15) is 10.2 Å². The number of aromatic hydroxyl groups is 1. The van der Waals surface area contributed by atoms with Crippen LogP contribution in [0.15, 0.2) is 17.1 Å². The van der Waals surface area contributed by atoms with E-state index >= 15 is 0 Å². The fourth-order valence-corrected chi connectivity index (χ4v) is 3.53. The van der Waals surface area contributed by atoms with Gasteiger partial charge >= 0.3 is 0 Å². The summed E-state index contributed by atoms with van der Waals surface area (Å²) in [6.07, 6.45) is 5.33. The quantitative estimate of drug-likeness (QED) is 0.586. The molecule has 0 heterocycles. The zero-order valence-corrected chi connectivity index (χ0v) is 16.5. The van der Waals surface area contributed by atoms with Crippen LogP contribution in [0, 0.1) is 6.92 Å². The van der Waals surface area contributed by atoms with Crippen LogP contribution in [0.4, 0.5) is 0 Å². The molecular weight excluding hydrogens is 328 g/mol. The van der Waals surface area contributed by atoms with Crippen molar-refractivity contribution in [3.05, 3.63) is 28.8 Å². The van der Waals surface area contributed by atoms with Crippen LogP contribution in [0.5, 0.6) is 5.75 Å². The number of aliphatic imine (C=N–C) groups is 1. The summed E-state index contributed by atoms with van der Waals surface area (Å²) in [5.74, 6) is 0.308. The molecule has 1 unspecified atom stereocenters. The van der Waals surface area contributed by atoms with Crippen LogP contribution in [-0.2, 0) is 5.41 Å². The molecule has 0 aromatic heterocycles. The number of phenols is 1. The number of aliphatic hydroxyl groups is 2. The Morgan fingerprint density at radius 1 is 1.27 bits per heavy atom. The van der Waals surface area contributed by atoms with Crippen molar-refractivity contribution in [2.24, 2.45) is 4.99 Å². The minimum Gasteiger partial charge on any atom is -0.507 e. The molecule has 0 amide bonds. The van der Waals surface area contributed by atoms with Crippen LogP contribution >= 0.6 is 0 Å². The lowest BCUT2D eigenvalue weighted by atomic mass is 9.84. The summed E-state index contributed by atoms with van der Waals surface area (Å²) in [4.78, 5) is 4.77. The van der Waals surface area contributed by atoms with Gasteiger partial charge < -0.3 is 20.6 Å². The van der Waals surface area contributed by atoms with Crippen molar-refractivity contribution in [3.63, 3.8) is 0 Å². The van der Waals surface area contributed by atoms with Gasteiger partial charge in [0.25, 0.3) is 0 Å². The van der Waals surface area contributed by atoms with E-state index in [2.05, 4.69) is 26.1 Å². The molecule has 0 bridgehead atoms. The normalized spacial score (nSPS) is 22.7. The Bertz CT molecular complexity index is 622. The average Bonchev–Trinajstić information content (AvgIpc) is 2.59. The van der Waals surface area contributed by atoms with Crippen LogP contribution in [-0.4, -0.2) is 52.9 Å². The van der Waals surface area contributed by atoms with Gasteiger partial charge in [0.2, 0.25) is 0 Å². The Morgan fingerprint density at radius 2 is 1.96 bits per heavy atom. The van der Waals surface area contributed by atoms with Crippen molar-refractivity contribution in [1.29, 1.82) is 0 Å². The lowest BCUT2D eigenvalue weighted by Crippen LogP contribution is -2.45. The third-order valence-electron chi connectivity index (χ3n) is 5.05. The van der Waals surface area contributed by atoms with Crippen molar-refractivity contribution in [2.75, 3.05) is 13.2 Å². The molecule has 1 aliphatic rings. The van der Waals surface area contributed by atoms with E-state index in [1.54, 1.807) is 6.21 Å². The molecule has 1 aliphatic carbocycles. The predicted molar refractivity (Wildman–Crippen MR) is 106 cm³/mol. The zero-order valence-electron chi connectivity index (χ0n) is 16.5. The van der Waals surface area contributed by atoms with Crippen molar-refractivity contribution in [2.45, 2.75) is 77.0 Å². The molecule has 1 saturated carbocycles. The third-order valence-corrected chi connectivity index (χ3v) is 5.05. The SMILES string of the molecule is Cc1cc(C=N[C@@H]2CCCC[C@H]2NCC(O)CO)c(O)c(C(C)(C)C)c1. The Morgan fingerprint density at radius 3 is 2.62 bits per heavy atom. The van der Waals surface area contributed by atoms with Gasteiger partial charge in [-0.1, -0.05) is 39.7 Å². The maximum Gasteiger partial charge on any atom is 0.128 e. The number of hydrogen-bond donors (Lipinski definition) is 4. The Kier molecular flexibility index (Phi) is 7.21. The highest BCUT2D eigenvalue weighted by molar-refractivity contribution is 5.85. The molecule has 1 aromatic carbocycles. The van der Waals surface area contributed by atoms with Crippen molar-refractivity contribution in [3.8, 4) is 5.75 Å². The summed E-state index contributed by atoms with van der Waals surface area (Å²) in [7, 11) is 0. The smallest absolute Gasteiger partial charge is 0.128 e. The minimum absolute atomic E-state index is 0.118. The van der Waals surface area contributed by atoms with E-state index in [4.69, 9.17) is 10.1 Å². The number of nitrogens with zero attached hydrogens (tertiary/aromatic N) is 1. The molecule has 5 nitrogen and oxygen atoms in total. The average molecular weight is 363 g/mol. The molecule has 146 valence electrons. The second-order valence-electron chi connectivity index (χ2n) is 8.48. The maximum absolute atomic E-state index is 10.7. The van der Waals surface area contributed by atoms with Gasteiger partial charge in [-0.15, -0.1) is 0 Å². The molecule has 26 heavy (non-hydrogen) atoms. The summed E-state index contributed by atoms with van der Waals surface area (Å²) in [5, 5.41) is 32.6. The van der Waals surface area contributed by atoms with Gasteiger partial charge in [0, 0.05) is 29.9 Å². The first-order valence-electron chi connectivity index (χ1n) is 9.62. The van der Waals surface area contributed by atoms with Gasteiger partial charge in [-0.2, -0.15) is 0 Å². The van der Waals surface area contributed by atoms with Crippen molar-refractivity contribution in [1.82, 2.24) is 5.32 Å². The molecular formula is C21H34N2O3. The maximum atomic E-state index is 10.7. The first-order valence-corrected chi connectivity index (χ1v) is 9.62. The zero-order chi connectivity index (χ0) is 19.3. The van der Waals surface area contributed by atoms with Crippen LogP contribution in [0.3, 0.4) is 0 Å². The molecule has 2 rings (SSSR count). The van der Waals surface area contributed by atoms with E-state index in [1.807, 2.05) is 19.1 Å². The summed E-state index contributed by atoms with van der Waals surface area (Å²) >= 11 is 0. The highest BCUT2D eigenvalue weighted by atomic mass is 16.3. The molecule has 0 radical (unpaired) electrons. The standard InChI is InChI=1S/C21H34N2O3/c1-14-9-15(20(26)17(10-14)21(2,3)4)11-22-18-7-5-6-8-19(18)23-12-16(25)13-24/h9-11,16,18-19,23-26H,5-8,12-13H2,1-4H3/t16?,18-,19-/m1/s1. The fraction of sp³-hybridized carbons (Fsp3) is 0.667. The topological polar surface area (TPSA) is 85.1 Å². The fourth-order valence-electron chi connectivity index (χ4n) is 3.53. The van der Waals surface area contributed by atoms with E-state index in [0.717, 1.165) is 42.4 Å². The number of nitrogens with one attached hydrogen (secondary N) is 1. The first kappa shape index (κ1) is 20.9. The van der Waals surface area contributed by atoms with Gasteiger partial charge in [-0.25, -0.2) is 0 Å². The summed E-state index contributed by atoms with van der Waals surface area (Å²) in [6, 6.07) is 4.31. The lowest BCUT2D eigenvalue weighted by molar-refractivity contribution is 0.0894. The first-order chi connectivity index (χ1) is 12.2. The predicted octanol–water partition coefficient (Wildman–Crippen LogP) is 2.67. The molecule has 1 fully saturated rings. The Balaban J connectivity index is 2.17. The summed E-state index contributed by atoms with van der Waals surface area (Å²) in [5.41, 5.74) is 2.67. The highest BCUT2D eigenvalue weighted by Gasteiger charge is 2.25. The van der Waals surface area contributed by atoms with Crippen molar-refractivity contribution >= 4 is 6.21 Å². The van der Waals surface area contributed by atoms with Crippen LogP contribution in [0.1, 0.15) is 63.1 Å². The number of aryl methyl sites for hydroxylation is 1. The number of aliphatic hydroxyl groups excluding tert-OH is 2. The van der Waals surface area contributed by atoms with Crippen LogP contribution in [0.2, 0.25) is 0 Å². The monoisotopic (exact) mass is 362 g/mol. The molecule has 0 spiro atoms. The molecule has 0 aliphatic heterocycles. The van der Waals surface area contributed by atoms with Gasteiger partial charge in [0.15, 0.2) is 0 Å². The second-order valence-corrected chi connectivity index (χ2v) is 8.48. The summed E-state index contributed by atoms with van der Waals surface area (Å²) < 4.78 is 0. The van der Waals surface area contributed by atoms with E-state index in [1.165, 1.54) is 0 Å². The molecule has 0 saturated heterocycles. The van der Waals surface area contributed by atoms with Gasteiger partial charge in [-0.05, 0) is 36.8 Å². The Hall–Kier alpha value is -1.43. The van der Waals surface area contributed by atoms with E-state index in [0.29, 0.717) is 12.3 Å². The number of benzene rings is 1. The van der Waals surface area contributed by atoms with E-state index < -0.39 is 6.10 Å². The van der Waals surface area contributed by atoms with Crippen molar-refractivity contribution < 1.29 is 15.3 Å². The largest absolute Gasteiger partial charge is 0.507 e. The highest BCUT2D eigenvalue weighted by Crippen LogP contribution is 2.34. The molecule has 3 atom stereocenters. The molecule has 5 heteroatoms. The lowest BCUT2D eigenvalue weighted by Gasteiger charge is -2.30. The van der Waals surface area contributed by atoms with Gasteiger partial charge in [0.1, 0.15) is 5.75 Å². The third kappa shape index (κ3) is 5.53. The number of phenolic OH excluding ortho intramolecular Hbond substituents is 1. The molecule has 4 N–H and O–H groups in total. The van der Waals surface area contributed by atoms with Gasteiger partial charge in [0.05, 0.1) is 18.8 Å². The number of rotatable bonds is 6. The van der Waals surface area contributed by atoms with Crippen LogP contribution in [0.25, 0.3) is 0 Å². The molecule has 1 aromatic rings. The Labute approximate surface area is 157 Å². The second kappa shape index (κ2) is 8.98. The van der Waals surface area contributed by atoms with E-state index in [-0.39, 0.29) is 24.1 Å². The van der Waals surface area contributed by atoms with Crippen LogP contribution < -0.4 is 5.32 Å². The number of hydrogen-bond acceptors (Lipinski definition) is 5. The summed E-state index contributed by atoms with van der Waals surface area (Å²) in [6.45, 7) is 8.45. The minimum atomic E-state index is -0.739.